The van der Waals surface area contributed by atoms with Crippen LogP contribution in [0.5, 0.6) is 0 Å². The van der Waals surface area contributed by atoms with E-state index in [-0.39, 0.29) is 18.5 Å². The Morgan fingerprint density at radius 3 is 2.82 bits per heavy atom. The van der Waals surface area contributed by atoms with Crippen LogP contribution in [-0.4, -0.2) is 39.2 Å². The van der Waals surface area contributed by atoms with E-state index >= 15 is 0 Å². The van der Waals surface area contributed by atoms with E-state index in [1.165, 1.54) is 0 Å². The number of aromatic nitrogens is 3. The Kier molecular flexibility index (Phi) is 5.31. The van der Waals surface area contributed by atoms with E-state index < -0.39 is 0 Å². The van der Waals surface area contributed by atoms with Crippen LogP contribution in [0.2, 0.25) is 0 Å². The number of hydrogen-bond acceptors (Lipinski definition) is 4. The van der Waals surface area contributed by atoms with Gasteiger partial charge in [-0.3, -0.25) is 9.69 Å². The van der Waals surface area contributed by atoms with Crippen molar-refractivity contribution in [3.8, 4) is 0 Å². The second kappa shape index (κ2) is 7.02. The molecule has 2 aromatic rings. The van der Waals surface area contributed by atoms with Crippen LogP contribution in [0, 0.1) is 6.92 Å². The molecule has 0 aliphatic rings. The third kappa shape index (κ3) is 3.92. The van der Waals surface area contributed by atoms with Gasteiger partial charge < -0.3 is 9.88 Å². The lowest BCUT2D eigenvalue weighted by molar-refractivity contribution is -0.117. The summed E-state index contributed by atoms with van der Waals surface area (Å²) in [4.78, 5) is 14.1. The molecule has 6 nitrogen and oxygen atoms in total. The first-order chi connectivity index (χ1) is 10.4. The fraction of sp³-hybridized carbons (Fsp3) is 0.400. The van der Waals surface area contributed by atoms with Gasteiger partial charge in [-0.1, -0.05) is 15.9 Å². The lowest BCUT2D eigenvalue weighted by Gasteiger charge is -2.23. The van der Waals surface area contributed by atoms with E-state index in [4.69, 9.17) is 0 Å². The first-order valence-corrected chi connectivity index (χ1v) is 7.78. The Hall–Kier alpha value is -1.73. The van der Waals surface area contributed by atoms with E-state index in [0.717, 1.165) is 21.5 Å². The second-order valence-electron chi connectivity index (χ2n) is 5.40. The Bertz CT molecular complexity index is 670. The summed E-state index contributed by atoms with van der Waals surface area (Å²) in [6.07, 6.45) is 1.66. The molecule has 1 N–H and O–H groups in total. The molecular formula is C15H20BrN5O. The molecule has 0 unspecified atom stereocenters. The highest BCUT2D eigenvalue weighted by atomic mass is 79.9. The standard InChI is InChI=1S/C15H20BrN5O/c1-10-7-12(16)5-6-13(10)18-14(22)8-20(3)11(2)15-19-17-9-21(15)4/h5-7,9,11H,8H2,1-4H3,(H,18,22)/t11-/m0/s1. The van der Waals surface area contributed by atoms with Crippen molar-refractivity contribution in [1.82, 2.24) is 19.7 Å². The second-order valence-corrected chi connectivity index (χ2v) is 6.31. The van der Waals surface area contributed by atoms with Gasteiger partial charge in [0.05, 0.1) is 12.6 Å². The number of halogens is 1. The molecule has 0 fully saturated rings. The minimum atomic E-state index is -0.0538. The van der Waals surface area contributed by atoms with Gasteiger partial charge in [0.2, 0.25) is 5.91 Å². The smallest absolute Gasteiger partial charge is 0.238 e. The van der Waals surface area contributed by atoms with Crippen molar-refractivity contribution in [2.45, 2.75) is 19.9 Å². The van der Waals surface area contributed by atoms with Crippen LogP contribution in [0.25, 0.3) is 0 Å². The van der Waals surface area contributed by atoms with Gasteiger partial charge in [0.25, 0.3) is 0 Å². The van der Waals surface area contributed by atoms with Gasteiger partial charge in [-0.2, -0.15) is 0 Å². The predicted octanol–water partition coefficient (Wildman–Crippen LogP) is 2.52. The Morgan fingerprint density at radius 2 is 2.23 bits per heavy atom. The van der Waals surface area contributed by atoms with E-state index in [0.29, 0.717) is 0 Å². The van der Waals surface area contributed by atoms with Gasteiger partial charge in [-0.25, -0.2) is 0 Å². The van der Waals surface area contributed by atoms with Crippen LogP contribution in [-0.2, 0) is 11.8 Å². The molecule has 118 valence electrons. The zero-order valence-corrected chi connectivity index (χ0v) is 14.8. The number of benzene rings is 1. The lowest BCUT2D eigenvalue weighted by Crippen LogP contribution is -2.33. The van der Waals surface area contributed by atoms with Gasteiger partial charge in [0, 0.05) is 17.2 Å². The summed E-state index contributed by atoms with van der Waals surface area (Å²) in [7, 11) is 3.79. The highest BCUT2D eigenvalue weighted by molar-refractivity contribution is 9.10. The summed E-state index contributed by atoms with van der Waals surface area (Å²) in [5.41, 5.74) is 1.85. The molecule has 1 aromatic carbocycles. The van der Waals surface area contributed by atoms with Crippen LogP contribution in [0.3, 0.4) is 0 Å². The van der Waals surface area contributed by atoms with Gasteiger partial charge >= 0.3 is 0 Å². The van der Waals surface area contributed by atoms with E-state index in [1.807, 2.05) is 55.6 Å². The van der Waals surface area contributed by atoms with Crippen LogP contribution in [0.4, 0.5) is 5.69 Å². The van der Waals surface area contributed by atoms with Gasteiger partial charge in [0.15, 0.2) is 0 Å². The van der Waals surface area contributed by atoms with Gasteiger partial charge in [-0.15, -0.1) is 10.2 Å². The zero-order chi connectivity index (χ0) is 16.3. The molecule has 0 aliphatic heterocycles. The molecule has 0 spiro atoms. The minimum Gasteiger partial charge on any atom is -0.325 e. The Morgan fingerprint density at radius 1 is 1.50 bits per heavy atom. The molecule has 0 radical (unpaired) electrons. The van der Waals surface area contributed by atoms with Crippen molar-refractivity contribution in [3.63, 3.8) is 0 Å². The number of hydrogen-bond donors (Lipinski definition) is 1. The summed E-state index contributed by atoms with van der Waals surface area (Å²) in [6, 6.07) is 5.78. The molecule has 2 rings (SSSR count). The number of nitrogens with zero attached hydrogens (tertiary/aromatic N) is 4. The summed E-state index contributed by atoms with van der Waals surface area (Å²) in [6.45, 7) is 4.25. The Labute approximate surface area is 138 Å². The number of rotatable bonds is 5. The molecule has 0 bridgehead atoms. The van der Waals surface area contributed by atoms with Crippen LogP contribution < -0.4 is 5.32 Å². The molecule has 1 atom stereocenters. The lowest BCUT2D eigenvalue weighted by atomic mass is 10.2. The molecule has 1 heterocycles. The maximum atomic E-state index is 12.2. The monoisotopic (exact) mass is 365 g/mol. The highest BCUT2D eigenvalue weighted by Crippen LogP contribution is 2.20. The number of likely N-dealkylation sites (N-methyl/N-ethyl adjacent to an activating group) is 1. The van der Waals surface area contributed by atoms with E-state index in [9.17, 15) is 4.79 Å². The maximum Gasteiger partial charge on any atom is 0.238 e. The van der Waals surface area contributed by atoms with Crippen molar-refractivity contribution in [2.75, 3.05) is 18.9 Å². The third-order valence-corrected chi connectivity index (χ3v) is 4.13. The number of anilines is 1. The highest BCUT2D eigenvalue weighted by Gasteiger charge is 2.19. The molecule has 7 heteroatoms. The van der Waals surface area contributed by atoms with Gasteiger partial charge in [0.1, 0.15) is 12.2 Å². The number of carbonyl (C=O) groups is 1. The number of nitrogens with one attached hydrogen (secondary N) is 1. The molecular weight excluding hydrogens is 346 g/mol. The zero-order valence-electron chi connectivity index (χ0n) is 13.2. The summed E-state index contributed by atoms with van der Waals surface area (Å²) < 4.78 is 2.86. The molecule has 0 saturated heterocycles. The summed E-state index contributed by atoms with van der Waals surface area (Å²) in [5.74, 6) is 0.775. The first kappa shape index (κ1) is 16.6. The first-order valence-electron chi connectivity index (χ1n) is 6.98. The normalized spacial score (nSPS) is 12.5. The largest absolute Gasteiger partial charge is 0.325 e. The van der Waals surface area contributed by atoms with Crippen molar-refractivity contribution in [2.24, 2.45) is 7.05 Å². The molecule has 0 aliphatic carbocycles. The molecule has 0 saturated carbocycles. The molecule has 1 amide bonds. The maximum absolute atomic E-state index is 12.2. The third-order valence-electron chi connectivity index (χ3n) is 3.64. The fourth-order valence-corrected chi connectivity index (χ4v) is 2.66. The van der Waals surface area contributed by atoms with E-state index in [1.54, 1.807) is 6.33 Å². The number of amides is 1. The van der Waals surface area contributed by atoms with Crippen LogP contribution >= 0.6 is 15.9 Å². The van der Waals surface area contributed by atoms with Gasteiger partial charge in [-0.05, 0) is 44.7 Å². The Balaban J connectivity index is 1.98. The number of aryl methyl sites for hydroxylation is 2. The topological polar surface area (TPSA) is 63.1 Å². The van der Waals surface area contributed by atoms with Crippen molar-refractivity contribution in [1.29, 1.82) is 0 Å². The van der Waals surface area contributed by atoms with E-state index in [2.05, 4.69) is 31.4 Å². The SMILES string of the molecule is Cc1cc(Br)ccc1NC(=O)CN(C)[C@@H](C)c1nncn1C. The van der Waals surface area contributed by atoms with Crippen LogP contribution in [0.1, 0.15) is 24.4 Å². The quantitative estimate of drug-likeness (QED) is 0.883. The van der Waals surface area contributed by atoms with Crippen molar-refractivity contribution >= 4 is 27.5 Å². The number of carbonyl (C=O) groups excluding carboxylic acids is 1. The fourth-order valence-electron chi connectivity index (χ4n) is 2.19. The summed E-state index contributed by atoms with van der Waals surface area (Å²) >= 11 is 3.41. The molecule has 22 heavy (non-hydrogen) atoms. The predicted molar refractivity (Wildman–Crippen MR) is 89.6 cm³/mol. The molecule has 1 aromatic heterocycles. The average Bonchev–Trinajstić information content (AvgIpc) is 2.87. The van der Waals surface area contributed by atoms with Crippen molar-refractivity contribution in [3.05, 3.63) is 40.4 Å². The minimum absolute atomic E-state index is 0.00395. The summed E-state index contributed by atoms with van der Waals surface area (Å²) in [5, 5.41) is 10.9. The van der Waals surface area contributed by atoms with Crippen molar-refractivity contribution < 1.29 is 4.79 Å². The average molecular weight is 366 g/mol. The van der Waals surface area contributed by atoms with Crippen LogP contribution in [0.15, 0.2) is 29.0 Å².